The summed E-state index contributed by atoms with van der Waals surface area (Å²) in [7, 11) is -1.89. The summed E-state index contributed by atoms with van der Waals surface area (Å²) in [6.07, 6.45) is -0.724. The van der Waals surface area contributed by atoms with Crippen LogP contribution >= 0.6 is 11.6 Å². The Morgan fingerprint density at radius 3 is 2.45 bits per heavy atom. The van der Waals surface area contributed by atoms with Gasteiger partial charge in [0, 0.05) is 14.1 Å². The minimum atomic E-state index is -4.65. The normalized spacial score (nSPS) is 24.0. The maximum Gasteiger partial charge on any atom is 0.302 e. The molecular weight excluding hydrogens is 339 g/mol. The van der Waals surface area contributed by atoms with E-state index in [1.165, 1.54) is 19.1 Å². The molecule has 8 nitrogen and oxygen atoms in total. The van der Waals surface area contributed by atoms with Crippen LogP contribution in [0.1, 0.15) is 0 Å². The monoisotopic (exact) mass is 352 g/mol. The van der Waals surface area contributed by atoms with E-state index in [-0.39, 0.29) is 16.4 Å². The predicted octanol–water partition coefficient (Wildman–Crippen LogP) is 0.356. The average Bonchev–Trinajstić information content (AvgIpc) is 2.65. The van der Waals surface area contributed by atoms with Gasteiger partial charge in [-0.25, -0.2) is 14.4 Å². The van der Waals surface area contributed by atoms with Crippen molar-refractivity contribution in [1.82, 2.24) is 10.0 Å². The van der Waals surface area contributed by atoms with Crippen molar-refractivity contribution in [3.63, 3.8) is 0 Å². The van der Waals surface area contributed by atoms with Crippen LogP contribution in [0.4, 0.5) is 15.8 Å². The van der Waals surface area contributed by atoms with E-state index in [0.717, 1.165) is 22.0 Å². The predicted molar refractivity (Wildman–Crippen MR) is 79.0 cm³/mol. The van der Waals surface area contributed by atoms with E-state index in [9.17, 15) is 22.2 Å². The van der Waals surface area contributed by atoms with Gasteiger partial charge in [-0.1, -0.05) is 11.6 Å². The number of anilines is 2. The van der Waals surface area contributed by atoms with Crippen molar-refractivity contribution in [2.75, 3.05) is 24.7 Å². The van der Waals surface area contributed by atoms with E-state index in [2.05, 4.69) is 0 Å². The number of hydrazine groups is 1. The smallest absolute Gasteiger partial charge is 0.302 e. The molecule has 0 bridgehead atoms. The summed E-state index contributed by atoms with van der Waals surface area (Å²) >= 11 is 5.70. The fourth-order valence-electron chi connectivity index (χ4n) is 2.34. The number of carbonyl (C=O) groups excluding carboxylic acids is 1. The number of nitrogens with two attached hydrogens (primary N) is 1. The first-order chi connectivity index (χ1) is 10.1. The van der Waals surface area contributed by atoms with Gasteiger partial charge in [0.15, 0.2) is 12.5 Å². The van der Waals surface area contributed by atoms with E-state index >= 15 is 0 Å². The number of hydrogen-bond acceptors (Lipinski definition) is 7. The van der Waals surface area contributed by atoms with Crippen LogP contribution in [0.2, 0.25) is 5.02 Å². The van der Waals surface area contributed by atoms with Gasteiger partial charge < -0.3 is 10.6 Å². The Morgan fingerprint density at radius 1 is 1.36 bits per heavy atom. The molecular formula is C11H14ClFN4O4S. The molecule has 0 amide bonds. The summed E-state index contributed by atoms with van der Waals surface area (Å²) in [6.45, 7) is 0. The second-order valence-corrected chi connectivity index (χ2v) is 6.63. The number of aldehydes is 1. The Kier molecular flexibility index (Phi) is 4.33. The molecule has 22 heavy (non-hydrogen) atoms. The largest absolute Gasteiger partial charge is 0.397 e. The minimum Gasteiger partial charge on any atom is -0.397 e. The number of nitrogens with zero attached hydrogens (tertiary/aromatic N) is 3. The maximum absolute atomic E-state index is 14.2. The van der Waals surface area contributed by atoms with Gasteiger partial charge in [0.05, 0.1) is 16.4 Å². The van der Waals surface area contributed by atoms with Crippen molar-refractivity contribution in [2.24, 2.45) is 0 Å². The van der Waals surface area contributed by atoms with E-state index in [0.29, 0.717) is 6.29 Å². The number of hydrogen-bond donors (Lipinski definition) is 2. The molecule has 1 aliphatic rings. The lowest BCUT2D eigenvalue weighted by atomic mass is 10.2. The molecule has 2 unspecified atom stereocenters. The van der Waals surface area contributed by atoms with Crippen LogP contribution in [0.15, 0.2) is 12.1 Å². The molecule has 1 heterocycles. The van der Waals surface area contributed by atoms with Crippen molar-refractivity contribution in [1.29, 1.82) is 0 Å². The number of rotatable bonds is 3. The highest BCUT2D eigenvalue weighted by Crippen LogP contribution is 2.36. The number of halogens is 2. The summed E-state index contributed by atoms with van der Waals surface area (Å²) in [5.74, 6) is -0.872. The number of carbonyl (C=O) groups is 1. The van der Waals surface area contributed by atoms with Gasteiger partial charge in [-0.3, -0.25) is 9.35 Å². The van der Waals surface area contributed by atoms with Gasteiger partial charge in [0.1, 0.15) is 5.82 Å². The van der Waals surface area contributed by atoms with Gasteiger partial charge in [-0.2, -0.15) is 8.42 Å². The zero-order valence-corrected chi connectivity index (χ0v) is 13.2. The van der Waals surface area contributed by atoms with E-state index in [1.807, 2.05) is 0 Å². The van der Waals surface area contributed by atoms with Crippen molar-refractivity contribution >= 4 is 39.4 Å². The van der Waals surface area contributed by atoms with Gasteiger partial charge in [-0.15, -0.1) is 0 Å². The topological polar surface area (TPSA) is 107 Å². The molecule has 1 aliphatic heterocycles. The number of nitrogen functional groups attached to an aromatic ring is 1. The number of likely N-dealkylation sites (N-methyl/N-ethyl adjacent to an activating group) is 1. The zero-order chi connectivity index (χ0) is 16.8. The third-order valence-electron chi connectivity index (χ3n) is 3.46. The SMILES string of the molecule is CN1C(C=O)N(c2cc(N)c(Cl)cc2F)C(S(=O)(=O)O)N1C. The lowest BCUT2D eigenvalue weighted by molar-refractivity contribution is -0.113. The van der Waals surface area contributed by atoms with Crippen LogP contribution in [0.3, 0.4) is 0 Å². The Labute approximate surface area is 131 Å². The van der Waals surface area contributed by atoms with Crippen molar-refractivity contribution < 1.29 is 22.2 Å². The van der Waals surface area contributed by atoms with Crippen LogP contribution in [0, 0.1) is 5.82 Å². The van der Waals surface area contributed by atoms with E-state index in [1.54, 1.807) is 0 Å². The standard InChI is InChI=1S/C11H14ClFN4O4S/c1-15-10(5-18)17(11(16(15)2)22(19,20)21)9-4-8(14)6(12)3-7(9)13/h3-5,10-11H,14H2,1-2H3,(H,19,20,21). The molecule has 0 aliphatic carbocycles. The summed E-state index contributed by atoms with van der Waals surface area (Å²) in [4.78, 5) is 12.2. The molecule has 0 saturated carbocycles. The molecule has 11 heteroatoms. The molecule has 0 spiro atoms. The molecule has 1 fully saturated rings. The zero-order valence-electron chi connectivity index (χ0n) is 11.6. The van der Waals surface area contributed by atoms with Crippen molar-refractivity contribution in [3.8, 4) is 0 Å². The van der Waals surface area contributed by atoms with E-state index < -0.39 is 27.6 Å². The molecule has 1 aromatic rings. The highest BCUT2D eigenvalue weighted by Gasteiger charge is 2.49. The van der Waals surface area contributed by atoms with Gasteiger partial charge in [0.2, 0.25) is 5.50 Å². The number of benzene rings is 1. The third kappa shape index (κ3) is 2.63. The van der Waals surface area contributed by atoms with Crippen LogP contribution in [-0.2, 0) is 14.9 Å². The van der Waals surface area contributed by atoms with Gasteiger partial charge in [0.25, 0.3) is 0 Å². The van der Waals surface area contributed by atoms with Crippen molar-refractivity contribution in [3.05, 3.63) is 23.0 Å². The Hall–Kier alpha value is -1.46. The molecule has 2 rings (SSSR count). The summed E-state index contributed by atoms with van der Waals surface area (Å²) in [5, 5.41) is 2.29. The van der Waals surface area contributed by atoms with Gasteiger partial charge >= 0.3 is 10.1 Å². The summed E-state index contributed by atoms with van der Waals surface area (Å²) in [5.41, 5.74) is 3.68. The van der Waals surface area contributed by atoms with Crippen LogP contribution in [0.25, 0.3) is 0 Å². The average molecular weight is 353 g/mol. The Morgan fingerprint density at radius 2 is 1.95 bits per heavy atom. The minimum absolute atomic E-state index is 0.00834. The van der Waals surface area contributed by atoms with Crippen LogP contribution in [0.5, 0.6) is 0 Å². The molecule has 0 aromatic heterocycles. The Bertz CT molecular complexity index is 716. The highest BCUT2D eigenvalue weighted by molar-refractivity contribution is 7.86. The quantitative estimate of drug-likeness (QED) is 0.456. The second-order valence-electron chi connectivity index (χ2n) is 4.77. The molecule has 1 aromatic carbocycles. The fraction of sp³-hybridized carbons (Fsp3) is 0.364. The first-order valence-electron chi connectivity index (χ1n) is 5.99. The molecule has 1 saturated heterocycles. The summed E-state index contributed by atoms with van der Waals surface area (Å²) in [6, 6.07) is 2.02. The molecule has 0 radical (unpaired) electrons. The Balaban J connectivity index is 2.67. The van der Waals surface area contributed by atoms with E-state index in [4.69, 9.17) is 17.3 Å². The van der Waals surface area contributed by atoms with Crippen LogP contribution in [-0.4, -0.2) is 55.0 Å². The molecule has 3 N–H and O–H groups in total. The van der Waals surface area contributed by atoms with Crippen LogP contribution < -0.4 is 10.6 Å². The lowest BCUT2D eigenvalue weighted by Gasteiger charge is -2.27. The maximum atomic E-state index is 14.2. The van der Waals surface area contributed by atoms with Crippen molar-refractivity contribution in [2.45, 2.75) is 11.7 Å². The first-order valence-corrected chi connectivity index (χ1v) is 7.87. The lowest BCUT2D eigenvalue weighted by Crippen LogP contribution is -2.46. The molecule has 122 valence electrons. The summed E-state index contributed by atoms with van der Waals surface area (Å²) < 4.78 is 46.9. The fourth-order valence-corrected chi connectivity index (χ4v) is 3.55. The highest BCUT2D eigenvalue weighted by atomic mass is 35.5. The molecule has 2 atom stereocenters. The van der Waals surface area contributed by atoms with Gasteiger partial charge in [-0.05, 0) is 12.1 Å². The first kappa shape index (κ1) is 16.9. The third-order valence-corrected chi connectivity index (χ3v) is 4.85. The second kappa shape index (κ2) is 5.63.